The molecule has 0 aliphatic rings. The monoisotopic (exact) mass is 344 g/mol. The zero-order chi connectivity index (χ0) is 18.4. The number of carbonyl (C=O) groups is 1. The van der Waals surface area contributed by atoms with Crippen LogP contribution in [0.5, 0.6) is 11.5 Å². The number of hydrogen-bond acceptors (Lipinski definition) is 3. The van der Waals surface area contributed by atoms with E-state index in [9.17, 15) is 4.79 Å². The summed E-state index contributed by atoms with van der Waals surface area (Å²) < 4.78 is 10.5. The van der Waals surface area contributed by atoms with Gasteiger partial charge in [0.05, 0.1) is 14.2 Å². The van der Waals surface area contributed by atoms with Crippen LogP contribution in [-0.4, -0.2) is 20.0 Å². The van der Waals surface area contributed by atoms with Gasteiger partial charge in [-0.3, -0.25) is 4.79 Å². The summed E-state index contributed by atoms with van der Waals surface area (Å²) >= 11 is 0. The van der Waals surface area contributed by atoms with Gasteiger partial charge in [0.2, 0.25) is 0 Å². The predicted molar refractivity (Wildman–Crippen MR) is 105 cm³/mol. The van der Waals surface area contributed by atoms with Crippen molar-refractivity contribution in [3.05, 3.63) is 90.0 Å². The second-order valence-corrected chi connectivity index (χ2v) is 5.75. The third-order valence-corrected chi connectivity index (χ3v) is 4.13. The zero-order valence-electron chi connectivity index (χ0n) is 14.8. The summed E-state index contributed by atoms with van der Waals surface area (Å²) in [6.45, 7) is 0. The lowest BCUT2D eigenvalue weighted by Gasteiger charge is -2.07. The minimum absolute atomic E-state index is 0.0533. The molecule has 0 radical (unpaired) electrons. The molecule has 3 aromatic rings. The van der Waals surface area contributed by atoms with Crippen LogP contribution in [0, 0.1) is 0 Å². The highest BCUT2D eigenvalue weighted by atomic mass is 16.5. The van der Waals surface area contributed by atoms with E-state index in [1.54, 1.807) is 32.4 Å². The summed E-state index contributed by atoms with van der Waals surface area (Å²) in [5.74, 6) is 1.32. The topological polar surface area (TPSA) is 35.5 Å². The first-order chi connectivity index (χ1) is 12.7. The SMILES string of the molecule is COc1ccc(C=CC(=O)c2ccc(-c3ccccc3)cc2)c(OC)c1. The molecule has 0 saturated heterocycles. The Morgan fingerprint density at radius 3 is 2.15 bits per heavy atom. The smallest absolute Gasteiger partial charge is 0.185 e. The van der Waals surface area contributed by atoms with Gasteiger partial charge in [0, 0.05) is 17.2 Å². The molecule has 130 valence electrons. The van der Waals surface area contributed by atoms with Crippen molar-refractivity contribution in [1.82, 2.24) is 0 Å². The zero-order valence-corrected chi connectivity index (χ0v) is 14.8. The van der Waals surface area contributed by atoms with Crippen molar-refractivity contribution in [3.8, 4) is 22.6 Å². The summed E-state index contributed by atoms with van der Waals surface area (Å²) in [7, 11) is 3.20. The van der Waals surface area contributed by atoms with E-state index in [0.717, 1.165) is 16.7 Å². The summed E-state index contributed by atoms with van der Waals surface area (Å²) in [5.41, 5.74) is 3.68. The summed E-state index contributed by atoms with van der Waals surface area (Å²) in [6.07, 6.45) is 3.31. The molecule has 0 aromatic heterocycles. The fraction of sp³-hybridized carbons (Fsp3) is 0.0870. The first-order valence-electron chi connectivity index (χ1n) is 8.31. The van der Waals surface area contributed by atoms with Gasteiger partial charge in [0.1, 0.15) is 11.5 Å². The van der Waals surface area contributed by atoms with E-state index < -0.39 is 0 Å². The van der Waals surface area contributed by atoms with Gasteiger partial charge in [-0.25, -0.2) is 0 Å². The largest absolute Gasteiger partial charge is 0.497 e. The third-order valence-electron chi connectivity index (χ3n) is 4.13. The van der Waals surface area contributed by atoms with Crippen molar-refractivity contribution < 1.29 is 14.3 Å². The lowest BCUT2D eigenvalue weighted by Crippen LogP contribution is -1.94. The maximum absolute atomic E-state index is 12.4. The predicted octanol–water partition coefficient (Wildman–Crippen LogP) is 5.27. The molecule has 0 amide bonds. The molecule has 0 atom stereocenters. The van der Waals surface area contributed by atoms with Gasteiger partial charge in [-0.1, -0.05) is 54.6 Å². The Balaban J connectivity index is 1.77. The molecule has 3 heteroatoms. The van der Waals surface area contributed by atoms with E-state index in [4.69, 9.17) is 9.47 Å². The van der Waals surface area contributed by atoms with Crippen LogP contribution >= 0.6 is 0 Å². The molecular weight excluding hydrogens is 324 g/mol. The summed E-state index contributed by atoms with van der Waals surface area (Å²) in [5, 5.41) is 0. The summed E-state index contributed by atoms with van der Waals surface area (Å²) in [4.78, 5) is 12.4. The van der Waals surface area contributed by atoms with Crippen LogP contribution in [0.1, 0.15) is 15.9 Å². The molecule has 0 fully saturated rings. The molecule has 0 N–H and O–H groups in total. The molecule has 0 spiro atoms. The van der Waals surface area contributed by atoms with Crippen molar-refractivity contribution in [3.63, 3.8) is 0 Å². The van der Waals surface area contributed by atoms with Crippen LogP contribution in [0.3, 0.4) is 0 Å². The van der Waals surface area contributed by atoms with Gasteiger partial charge in [-0.15, -0.1) is 0 Å². The highest BCUT2D eigenvalue weighted by molar-refractivity contribution is 6.07. The van der Waals surface area contributed by atoms with Crippen LogP contribution in [0.4, 0.5) is 0 Å². The Labute approximate surface area is 153 Å². The molecule has 3 rings (SSSR count). The second-order valence-electron chi connectivity index (χ2n) is 5.75. The molecule has 26 heavy (non-hydrogen) atoms. The van der Waals surface area contributed by atoms with Crippen molar-refractivity contribution in [2.24, 2.45) is 0 Å². The Hall–Kier alpha value is -3.33. The molecule has 0 aliphatic heterocycles. The maximum Gasteiger partial charge on any atom is 0.185 e. The van der Waals surface area contributed by atoms with Crippen molar-refractivity contribution in [1.29, 1.82) is 0 Å². The van der Waals surface area contributed by atoms with Crippen molar-refractivity contribution in [2.75, 3.05) is 14.2 Å². The molecule has 0 bridgehead atoms. The Kier molecular flexibility index (Phi) is 5.49. The standard InChI is InChI=1S/C23H20O3/c1-25-21-14-12-20(23(16-21)26-2)13-15-22(24)19-10-8-18(9-11-19)17-6-4-3-5-7-17/h3-16H,1-2H3. The molecule has 3 nitrogen and oxygen atoms in total. The minimum Gasteiger partial charge on any atom is -0.497 e. The lowest BCUT2D eigenvalue weighted by molar-refractivity contribution is 0.104. The average molecular weight is 344 g/mol. The fourth-order valence-corrected chi connectivity index (χ4v) is 2.68. The number of hydrogen-bond donors (Lipinski definition) is 0. The van der Waals surface area contributed by atoms with Gasteiger partial charge in [-0.05, 0) is 35.4 Å². The lowest BCUT2D eigenvalue weighted by atomic mass is 10.0. The summed E-state index contributed by atoms with van der Waals surface area (Å²) in [6, 6.07) is 23.2. The quantitative estimate of drug-likeness (QED) is 0.451. The molecular formula is C23H20O3. The van der Waals surface area contributed by atoms with E-state index in [2.05, 4.69) is 0 Å². The maximum atomic E-state index is 12.4. The molecule has 0 aliphatic carbocycles. The highest BCUT2D eigenvalue weighted by Gasteiger charge is 2.05. The molecule has 3 aromatic carbocycles. The number of allylic oxidation sites excluding steroid dienone is 1. The fourth-order valence-electron chi connectivity index (χ4n) is 2.68. The van der Waals surface area contributed by atoms with Crippen LogP contribution in [0.25, 0.3) is 17.2 Å². The van der Waals surface area contributed by atoms with E-state index in [-0.39, 0.29) is 5.78 Å². The normalized spacial score (nSPS) is 10.7. The van der Waals surface area contributed by atoms with Gasteiger partial charge in [0.15, 0.2) is 5.78 Å². The van der Waals surface area contributed by atoms with E-state index in [1.165, 1.54) is 0 Å². The van der Waals surface area contributed by atoms with E-state index in [1.807, 2.05) is 66.7 Å². The highest BCUT2D eigenvalue weighted by Crippen LogP contribution is 2.26. The Bertz CT molecular complexity index is 910. The average Bonchev–Trinajstić information content (AvgIpc) is 2.72. The van der Waals surface area contributed by atoms with Crippen molar-refractivity contribution in [2.45, 2.75) is 0 Å². The first-order valence-corrected chi connectivity index (χ1v) is 8.31. The number of rotatable bonds is 6. The Morgan fingerprint density at radius 1 is 0.808 bits per heavy atom. The Morgan fingerprint density at radius 2 is 1.50 bits per heavy atom. The number of benzene rings is 3. The number of ketones is 1. The van der Waals surface area contributed by atoms with Crippen LogP contribution in [-0.2, 0) is 0 Å². The van der Waals surface area contributed by atoms with Crippen LogP contribution < -0.4 is 9.47 Å². The number of methoxy groups -OCH3 is 2. The van der Waals surface area contributed by atoms with Crippen molar-refractivity contribution >= 4 is 11.9 Å². The van der Waals surface area contributed by atoms with Gasteiger partial charge >= 0.3 is 0 Å². The second kappa shape index (κ2) is 8.17. The molecule has 0 saturated carbocycles. The van der Waals surface area contributed by atoms with Gasteiger partial charge in [0.25, 0.3) is 0 Å². The minimum atomic E-state index is -0.0533. The van der Waals surface area contributed by atoms with Crippen LogP contribution in [0.15, 0.2) is 78.9 Å². The third kappa shape index (κ3) is 4.01. The van der Waals surface area contributed by atoms with E-state index >= 15 is 0 Å². The number of carbonyl (C=O) groups excluding carboxylic acids is 1. The van der Waals surface area contributed by atoms with Gasteiger partial charge in [-0.2, -0.15) is 0 Å². The van der Waals surface area contributed by atoms with Gasteiger partial charge < -0.3 is 9.47 Å². The van der Waals surface area contributed by atoms with E-state index in [0.29, 0.717) is 17.1 Å². The first kappa shape index (κ1) is 17.5. The molecule has 0 unspecified atom stereocenters. The number of ether oxygens (including phenoxy) is 2. The molecule has 0 heterocycles. The van der Waals surface area contributed by atoms with Crippen LogP contribution in [0.2, 0.25) is 0 Å².